The Balaban J connectivity index is 1.92. The van der Waals surface area contributed by atoms with E-state index in [0.29, 0.717) is 18.9 Å². The van der Waals surface area contributed by atoms with Gasteiger partial charge in [-0.3, -0.25) is 0 Å². The van der Waals surface area contributed by atoms with Crippen LogP contribution >= 0.6 is 11.3 Å². The lowest BCUT2D eigenvalue weighted by molar-refractivity contribution is 0.277. The smallest absolute Gasteiger partial charge is 0.161 e. The van der Waals surface area contributed by atoms with Gasteiger partial charge >= 0.3 is 0 Å². The summed E-state index contributed by atoms with van der Waals surface area (Å²) in [6.45, 7) is 4.98. The Kier molecular flexibility index (Phi) is 5.63. The van der Waals surface area contributed by atoms with E-state index in [2.05, 4.69) is 9.97 Å². The quantitative estimate of drug-likeness (QED) is 0.688. The molecule has 1 N–H and O–H groups in total. The molecule has 0 spiro atoms. The van der Waals surface area contributed by atoms with Gasteiger partial charge in [0.2, 0.25) is 0 Å². The van der Waals surface area contributed by atoms with E-state index in [4.69, 9.17) is 9.47 Å². The summed E-state index contributed by atoms with van der Waals surface area (Å²) in [7, 11) is 0. The Morgan fingerprint density at radius 3 is 2.52 bits per heavy atom. The monoisotopic (exact) mass is 356 g/mol. The van der Waals surface area contributed by atoms with Gasteiger partial charge in [0.25, 0.3) is 0 Å². The SMILES string of the molecule is CCOc1ccc(-c2nc(-c3cccc(CO)n3)cs2)cc1OCC. The van der Waals surface area contributed by atoms with E-state index >= 15 is 0 Å². The molecule has 0 aliphatic carbocycles. The minimum absolute atomic E-state index is 0.0819. The first-order valence-corrected chi connectivity index (χ1v) is 9.05. The highest BCUT2D eigenvalue weighted by molar-refractivity contribution is 7.13. The van der Waals surface area contributed by atoms with Crippen molar-refractivity contribution in [1.29, 1.82) is 0 Å². The minimum Gasteiger partial charge on any atom is -0.490 e. The van der Waals surface area contributed by atoms with Gasteiger partial charge in [-0.15, -0.1) is 11.3 Å². The van der Waals surface area contributed by atoms with E-state index in [0.717, 1.165) is 33.5 Å². The standard InChI is InChI=1S/C19H20N2O3S/c1-3-23-17-9-8-13(10-18(17)24-4-2)19-21-16(12-25-19)15-7-5-6-14(11-22)20-15/h5-10,12,22H,3-4,11H2,1-2H3. The molecular formula is C19H20N2O3S. The number of nitrogens with zero attached hydrogens (tertiary/aromatic N) is 2. The summed E-state index contributed by atoms with van der Waals surface area (Å²) in [4.78, 5) is 9.08. The molecule has 0 unspecified atom stereocenters. The number of ether oxygens (including phenoxy) is 2. The normalized spacial score (nSPS) is 10.7. The molecule has 0 saturated heterocycles. The maximum atomic E-state index is 9.24. The molecule has 0 atom stereocenters. The van der Waals surface area contributed by atoms with Gasteiger partial charge in [0.1, 0.15) is 10.7 Å². The van der Waals surface area contributed by atoms with Crippen molar-refractivity contribution in [3.63, 3.8) is 0 Å². The maximum absolute atomic E-state index is 9.24. The molecular weight excluding hydrogens is 336 g/mol. The summed E-state index contributed by atoms with van der Waals surface area (Å²) in [6.07, 6.45) is 0. The van der Waals surface area contributed by atoms with Gasteiger partial charge in [0.05, 0.1) is 31.2 Å². The molecule has 3 rings (SSSR count). The van der Waals surface area contributed by atoms with E-state index in [9.17, 15) is 5.11 Å². The van der Waals surface area contributed by atoms with Crippen LogP contribution < -0.4 is 9.47 Å². The van der Waals surface area contributed by atoms with Crippen LogP contribution in [0.1, 0.15) is 19.5 Å². The van der Waals surface area contributed by atoms with E-state index in [1.807, 2.05) is 49.6 Å². The number of aliphatic hydroxyl groups is 1. The first kappa shape index (κ1) is 17.4. The van der Waals surface area contributed by atoms with E-state index in [1.54, 1.807) is 17.4 Å². The van der Waals surface area contributed by atoms with Crippen molar-refractivity contribution in [3.05, 3.63) is 47.5 Å². The number of aromatic nitrogens is 2. The highest BCUT2D eigenvalue weighted by Gasteiger charge is 2.12. The van der Waals surface area contributed by atoms with Crippen molar-refractivity contribution < 1.29 is 14.6 Å². The van der Waals surface area contributed by atoms with Crippen molar-refractivity contribution in [1.82, 2.24) is 9.97 Å². The summed E-state index contributed by atoms with van der Waals surface area (Å²) in [6, 6.07) is 11.4. The summed E-state index contributed by atoms with van der Waals surface area (Å²) in [5, 5.41) is 12.1. The zero-order valence-electron chi connectivity index (χ0n) is 14.2. The molecule has 0 radical (unpaired) electrons. The van der Waals surface area contributed by atoms with Crippen molar-refractivity contribution in [3.8, 4) is 33.5 Å². The lowest BCUT2D eigenvalue weighted by atomic mass is 10.2. The number of hydrogen-bond donors (Lipinski definition) is 1. The fraction of sp³-hybridized carbons (Fsp3) is 0.263. The van der Waals surface area contributed by atoms with Gasteiger partial charge in [-0.05, 0) is 44.2 Å². The van der Waals surface area contributed by atoms with Gasteiger partial charge in [-0.1, -0.05) is 6.07 Å². The summed E-state index contributed by atoms with van der Waals surface area (Å²) in [5.41, 5.74) is 3.15. The average Bonchev–Trinajstić information content (AvgIpc) is 3.14. The number of rotatable bonds is 7. The van der Waals surface area contributed by atoms with Crippen LogP contribution in [0.5, 0.6) is 11.5 Å². The zero-order valence-corrected chi connectivity index (χ0v) is 15.0. The molecule has 2 aromatic heterocycles. The molecule has 0 aliphatic rings. The van der Waals surface area contributed by atoms with Gasteiger partial charge < -0.3 is 14.6 Å². The zero-order chi connectivity index (χ0) is 17.6. The first-order valence-electron chi connectivity index (χ1n) is 8.17. The number of benzene rings is 1. The van der Waals surface area contributed by atoms with Crippen LogP contribution in [0, 0.1) is 0 Å². The molecule has 0 aliphatic heterocycles. The van der Waals surface area contributed by atoms with Crippen LogP contribution in [0.2, 0.25) is 0 Å². The molecule has 3 aromatic rings. The fourth-order valence-electron chi connectivity index (χ4n) is 2.42. The largest absolute Gasteiger partial charge is 0.490 e. The molecule has 2 heterocycles. The molecule has 0 bridgehead atoms. The van der Waals surface area contributed by atoms with Gasteiger partial charge in [0, 0.05) is 10.9 Å². The Labute approximate surface area is 150 Å². The van der Waals surface area contributed by atoms with Gasteiger partial charge in [-0.25, -0.2) is 9.97 Å². The van der Waals surface area contributed by atoms with Gasteiger partial charge in [-0.2, -0.15) is 0 Å². The minimum atomic E-state index is -0.0819. The molecule has 25 heavy (non-hydrogen) atoms. The first-order chi connectivity index (χ1) is 12.2. The molecule has 1 aromatic carbocycles. The summed E-state index contributed by atoms with van der Waals surface area (Å²) in [5.74, 6) is 1.46. The van der Waals surface area contributed by atoms with Crippen LogP contribution in [-0.2, 0) is 6.61 Å². The third-order valence-electron chi connectivity index (χ3n) is 3.53. The fourth-order valence-corrected chi connectivity index (χ4v) is 3.23. The number of thiazole rings is 1. The average molecular weight is 356 g/mol. The summed E-state index contributed by atoms with van der Waals surface area (Å²) >= 11 is 1.55. The number of pyridine rings is 1. The lowest BCUT2D eigenvalue weighted by Crippen LogP contribution is -1.98. The molecule has 5 nitrogen and oxygen atoms in total. The maximum Gasteiger partial charge on any atom is 0.161 e. The third kappa shape index (κ3) is 3.97. The molecule has 0 amide bonds. The second kappa shape index (κ2) is 8.09. The van der Waals surface area contributed by atoms with Crippen LogP contribution in [0.3, 0.4) is 0 Å². The predicted octanol–water partition coefficient (Wildman–Crippen LogP) is 4.16. The van der Waals surface area contributed by atoms with E-state index in [-0.39, 0.29) is 6.61 Å². The van der Waals surface area contributed by atoms with Crippen LogP contribution in [0.15, 0.2) is 41.8 Å². The molecule has 130 valence electrons. The molecule has 6 heteroatoms. The summed E-state index contributed by atoms with van der Waals surface area (Å²) < 4.78 is 11.3. The van der Waals surface area contributed by atoms with E-state index < -0.39 is 0 Å². The Bertz CT molecular complexity index is 848. The Morgan fingerprint density at radius 2 is 1.76 bits per heavy atom. The predicted molar refractivity (Wildman–Crippen MR) is 99.0 cm³/mol. The van der Waals surface area contributed by atoms with Crippen molar-refractivity contribution in [2.45, 2.75) is 20.5 Å². The van der Waals surface area contributed by atoms with Gasteiger partial charge in [0.15, 0.2) is 11.5 Å². The lowest BCUT2D eigenvalue weighted by Gasteiger charge is -2.11. The number of aliphatic hydroxyl groups excluding tert-OH is 1. The van der Waals surface area contributed by atoms with Crippen LogP contribution in [-0.4, -0.2) is 28.3 Å². The third-order valence-corrected chi connectivity index (χ3v) is 4.42. The topological polar surface area (TPSA) is 64.5 Å². The van der Waals surface area contributed by atoms with E-state index in [1.165, 1.54) is 0 Å². The Morgan fingerprint density at radius 1 is 0.960 bits per heavy atom. The highest BCUT2D eigenvalue weighted by atomic mass is 32.1. The van der Waals surface area contributed by atoms with Crippen LogP contribution in [0.4, 0.5) is 0 Å². The highest BCUT2D eigenvalue weighted by Crippen LogP contribution is 2.35. The Hall–Kier alpha value is -2.44. The second-order valence-corrected chi connectivity index (χ2v) is 6.10. The second-order valence-electron chi connectivity index (χ2n) is 5.24. The van der Waals surface area contributed by atoms with Crippen molar-refractivity contribution in [2.24, 2.45) is 0 Å². The molecule has 0 saturated carbocycles. The molecule has 0 fully saturated rings. The van der Waals surface area contributed by atoms with Crippen molar-refractivity contribution in [2.75, 3.05) is 13.2 Å². The van der Waals surface area contributed by atoms with Crippen molar-refractivity contribution >= 4 is 11.3 Å². The number of hydrogen-bond acceptors (Lipinski definition) is 6. The van der Waals surface area contributed by atoms with Crippen LogP contribution in [0.25, 0.3) is 22.0 Å².